The Balaban J connectivity index is 1.87. The summed E-state index contributed by atoms with van der Waals surface area (Å²) in [6, 6.07) is 12.3. The van der Waals surface area contributed by atoms with Crippen molar-refractivity contribution in [1.29, 1.82) is 0 Å². The van der Waals surface area contributed by atoms with Gasteiger partial charge in [0, 0.05) is 25.1 Å². The summed E-state index contributed by atoms with van der Waals surface area (Å²) in [5, 5.41) is 0. The Morgan fingerprint density at radius 1 is 1.24 bits per heavy atom. The van der Waals surface area contributed by atoms with E-state index in [0.717, 1.165) is 24.7 Å². The van der Waals surface area contributed by atoms with Crippen molar-refractivity contribution in [3.05, 3.63) is 47.8 Å². The van der Waals surface area contributed by atoms with Gasteiger partial charge in [-0.3, -0.25) is 0 Å². The van der Waals surface area contributed by atoms with Crippen molar-refractivity contribution in [2.45, 2.75) is 32.2 Å². The summed E-state index contributed by atoms with van der Waals surface area (Å²) >= 11 is 0. The summed E-state index contributed by atoms with van der Waals surface area (Å²) < 4.78 is 0. The van der Waals surface area contributed by atoms with E-state index in [0.29, 0.717) is 11.7 Å². The number of nitrogens with one attached hydrogen (secondary N) is 1. The van der Waals surface area contributed by atoms with E-state index in [4.69, 9.17) is 10.8 Å². The van der Waals surface area contributed by atoms with E-state index in [1.54, 1.807) is 0 Å². The normalized spacial score (nSPS) is 14.0. The van der Waals surface area contributed by atoms with Crippen LogP contribution in [0.25, 0.3) is 0 Å². The van der Waals surface area contributed by atoms with Crippen LogP contribution in [0.15, 0.2) is 36.4 Å². The van der Waals surface area contributed by atoms with Gasteiger partial charge in [0.15, 0.2) is 0 Å². The molecule has 1 saturated carbocycles. The highest BCUT2D eigenvalue weighted by Gasteiger charge is 2.27. The van der Waals surface area contributed by atoms with E-state index in [9.17, 15) is 0 Å². The molecule has 3 N–H and O–H groups in total. The quantitative estimate of drug-likeness (QED) is 0.630. The molecule has 0 spiro atoms. The zero-order valence-electron chi connectivity index (χ0n) is 12.3. The van der Waals surface area contributed by atoms with E-state index in [2.05, 4.69) is 46.5 Å². The van der Waals surface area contributed by atoms with E-state index in [-0.39, 0.29) is 0 Å². The van der Waals surface area contributed by atoms with Crippen LogP contribution in [-0.4, -0.2) is 16.5 Å². The number of anilines is 2. The lowest BCUT2D eigenvalue weighted by Crippen LogP contribution is -2.24. The Labute approximate surface area is 125 Å². The molecule has 0 aliphatic heterocycles. The Bertz CT molecular complexity index is 595. The van der Waals surface area contributed by atoms with Gasteiger partial charge in [0.25, 0.3) is 0 Å². The SMILES string of the molecule is CCN(Cc1ccccc1)c1cc(NN)nc(C2CC2)n1. The molecule has 1 aromatic carbocycles. The molecular formula is C16H21N5. The number of nitrogen functional groups attached to an aromatic ring is 1. The third kappa shape index (κ3) is 3.31. The van der Waals surface area contributed by atoms with E-state index in [1.807, 2.05) is 12.1 Å². The highest BCUT2D eigenvalue weighted by Crippen LogP contribution is 2.39. The smallest absolute Gasteiger partial charge is 0.145 e. The van der Waals surface area contributed by atoms with Crippen molar-refractivity contribution in [2.75, 3.05) is 16.9 Å². The van der Waals surface area contributed by atoms with Crippen LogP contribution in [0.3, 0.4) is 0 Å². The Morgan fingerprint density at radius 3 is 2.62 bits per heavy atom. The summed E-state index contributed by atoms with van der Waals surface area (Å²) in [5.41, 5.74) is 3.93. The zero-order chi connectivity index (χ0) is 14.7. The van der Waals surface area contributed by atoms with Gasteiger partial charge >= 0.3 is 0 Å². The predicted octanol–water partition coefficient (Wildman–Crippen LogP) is 2.67. The maximum atomic E-state index is 5.54. The van der Waals surface area contributed by atoms with Crippen molar-refractivity contribution >= 4 is 11.6 Å². The van der Waals surface area contributed by atoms with Gasteiger partial charge in [-0.05, 0) is 25.3 Å². The summed E-state index contributed by atoms with van der Waals surface area (Å²) in [6.45, 7) is 3.86. The summed E-state index contributed by atoms with van der Waals surface area (Å²) in [5.74, 6) is 8.58. The first-order valence-electron chi connectivity index (χ1n) is 7.44. The number of benzene rings is 1. The molecule has 0 amide bonds. The van der Waals surface area contributed by atoms with Gasteiger partial charge in [0.2, 0.25) is 0 Å². The number of hydrogen-bond donors (Lipinski definition) is 2. The predicted molar refractivity (Wildman–Crippen MR) is 85.0 cm³/mol. The average molecular weight is 283 g/mol. The second-order valence-corrected chi connectivity index (χ2v) is 5.39. The van der Waals surface area contributed by atoms with Gasteiger partial charge in [-0.1, -0.05) is 30.3 Å². The molecule has 5 nitrogen and oxygen atoms in total. The van der Waals surface area contributed by atoms with E-state index >= 15 is 0 Å². The van der Waals surface area contributed by atoms with Crippen molar-refractivity contribution in [3.63, 3.8) is 0 Å². The van der Waals surface area contributed by atoms with Crippen LogP contribution in [0.2, 0.25) is 0 Å². The molecule has 1 aliphatic carbocycles. The van der Waals surface area contributed by atoms with E-state index < -0.39 is 0 Å². The van der Waals surface area contributed by atoms with Crippen molar-refractivity contribution in [1.82, 2.24) is 9.97 Å². The Morgan fingerprint density at radius 2 is 2.00 bits per heavy atom. The van der Waals surface area contributed by atoms with Gasteiger partial charge in [0.05, 0.1) is 0 Å². The van der Waals surface area contributed by atoms with Gasteiger partial charge in [-0.25, -0.2) is 15.8 Å². The first-order valence-corrected chi connectivity index (χ1v) is 7.44. The van der Waals surface area contributed by atoms with Crippen LogP contribution in [0, 0.1) is 0 Å². The molecular weight excluding hydrogens is 262 g/mol. The lowest BCUT2D eigenvalue weighted by molar-refractivity contribution is 0.795. The molecule has 0 saturated heterocycles. The van der Waals surface area contributed by atoms with Crippen LogP contribution >= 0.6 is 0 Å². The van der Waals surface area contributed by atoms with Gasteiger partial charge in [-0.15, -0.1) is 0 Å². The standard InChI is InChI=1S/C16H21N5/c1-2-21(11-12-6-4-3-5-7-12)15-10-14(20-17)18-16(19-15)13-8-9-13/h3-7,10,13H,2,8-9,11,17H2,1H3,(H,18,19,20). The second kappa shape index (κ2) is 6.10. The highest BCUT2D eigenvalue weighted by molar-refractivity contribution is 5.49. The molecule has 110 valence electrons. The van der Waals surface area contributed by atoms with Crippen LogP contribution in [0.5, 0.6) is 0 Å². The molecule has 5 heteroatoms. The van der Waals surface area contributed by atoms with Crippen LogP contribution in [0.1, 0.15) is 37.1 Å². The molecule has 0 bridgehead atoms. The molecule has 1 aliphatic rings. The average Bonchev–Trinajstić information content (AvgIpc) is 3.38. The maximum Gasteiger partial charge on any atom is 0.145 e. The van der Waals surface area contributed by atoms with Gasteiger partial charge < -0.3 is 10.3 Å². The summed E-state index contributed by atoms with van der Waals surface area (Å²) in [6.07, 6.45) is 2.36. The summed E-state index contributed by atoms with van der Waals surface area (Å²) in [7, 11) is 0. The maximum absolute atomic E-state index is 5.54. The monoisotopic (exact) mass is 283 g/mol. The molecule has 2 aromatic rings. The fraction of sp³-hybridized carbons (Fsp3) is 0.375. The van der Waals surface area contributed by atoms with E-state index in [1.165, 1.54) is 18.4 Å². The number of nitrogens with two attached hydrogens (primary N) is 1. The lowest BCUT2D eigenvalue weighted by atomic mass is 10.2. The van der Waals surface area contributed by atoms with Crippen LogP contribution in [-0.2, 0) is 6.54 Å². The van der Waals surface area contributed by atoms with Crippen molar-refractivity contribution in [2.24, 2.45) is 5.84 Å². The number of hydrogen-bond acceptors (Lipinski definition) is 5. The molecule has 3 rings (SSSR count). The van der Waals surface area contributed by atoms with Gasteiger partial charge in [0.1, 0.15) is 17.5 Å². The first-order chi connectivity index (χ1) is 10.3. The molecule has 1 heterocycles. The molecule has 1 fully saturated rings. The number of aromatic nitrogens is 2. The molecule has 1 aromatic heterocycles. The topological polar surface area (TPSA) is 67.1 Å². The number of hydrazine groups is 1. The van der Waals surface area contributed by atoms with Crippen molar-refractivity contribution < 1.29 is 0 Å². The third-order valence-corrected chi connectivity index (χ3v) is 3.74. The number of rotatable bonds is 6. The lowest BCUT2D eigenvalue weighted by Gasteiger charge is -2.23. The first kappa shape index (κ1) is 13.8. The Hall–Kier alpha value is -2.14. The van der Waals surface area contributed by atoms with Gasteiger partial charge in [-0.2, -0.15) is 0 Å². The third-order valence-electron chi connectivity index (χ3n) is 3.74. The fourth-order valence-electron chi connectivity index (χ4n) is 2.37. The van der Waals surface area contributed by atoms with Crippen molar-refractivity contribution in [3.8, 4) is 0 Å². The number of nitrogens with zero attached hydrogens (tertiary/aromatic N) is 3. The minimum Gasteiger partial charge on any atom is -0.352 e. The second-order valence-electron chi connectivity index (χ2n) is 5.39. The molecule has 0 atom stereocenters. The molecule has 0 radical (unpaired) electrons. The minimum atomic E-state index is 0.507. The molecule has 0 unspecified atom stereocenters. The van der Waals surface area contributed by atoms with Crippen LogP contribution in [0.4, 0.5) is 11.6 Å². The summed E-state index contributed by atoms with van der Waals surface area (Å²) in [4.78, 5) is 11.4. The fourth-order valence-corrected chi connectivity index (χ4v) is 2.37. The molecule has 21 heavy (non-hydrogen) atoms. The highest BCUT2D eigenvalue weighted by atomic mass is 15.3. The Kier molecular flexibility index (Phi) is 4.01. The zero-order valence-corrected chi connectivity index (χ0v) is 12.3. The minimum absolute atomic E-state index is 0.507. The largest absolute Gasteiger partial charge is 0.352 e. The van der Waals surface area contributed by atoms with Crippen LogP contribution < -0.4 is 16.2 Å².